The number of carbonyl (C=O) groups is 1. The molecule has 9 heteroatoms. The van der Waals surface area contributed by atoms with E-state index in [1.807, 2.05) is 0 Å². The van der Waals surface area contributed by atoms with Crippen LogP contribution in [0.2, 0.25) is 5.02 Å². The molecule has 108 valence electrons. The molecule has 6 nitrogen and oxygen atoms in total. The van der Waals surface area contributed by atoms with Crippen molar-refractivity contribution in [1.29, 1.82) is 0 Å². The molecule has 20 heavy (non-hydrogen) atoms. The van der Waals surface area contributed by atoms with E-state index < -0.39 is 32.1 Å². The highest BCUT2D eigenvalue weighted by molar-refractivity contribution is 7.91. The Morgan fingerprint density at radius 3 is 2.75 bits per heavy atom. The van der Waals surface area contributed by atoms with Gasteiger partial charge in [-0.15, -0.1) is 0 Å². The lowest BCUT2D eigenvalue weighted by Crippen LogP contribution is -2.25. The molecule has 1 N–H and O–H groups in total. The van der Waals surface area contributed by atoms with Gasteiger partial charge >= 0.3 is 5.97 Å². The van der Waals surface area contributed by atoms with Crippen LogP contribution in [-0.4, -0.2) is 38.1 Å². The summed E-state index contributed by atoms with van der Waals surface area (Å²) < 4.78 is 37.9. The smallest absolute Gasteiger partial charge is 0.337 e. The summed E-state index contributed by atoms with van der Waals surface area (Å²) in [5.74, 6) is -2.97. The maximum atomic E-state index is 14.0. The molecule has 0 saturated heterocycles. The summed E-state index contributed by atoms with van der Waals surface area (Å²) in [5.41, 5.74) is -0.662. The summed E-state index contributed by atoms with van der Waals surface area (Å²) in [6.45, 7) is 0. The van der Waals surface area contributed by atoms with Gasteiger partial charge in [-0.1, -0.05) is 16.8 Å². The van der Waals surface area contributed by atoms with Gasteiger partial charge in [-0.05, 0) is 6.07 Å². The molecular weight excluding hydrogens is 313 g/mol. The van der Waals surface area contributed by atoms with E-state index in [0.29, 0.717) is 6.07 Å². The Balaban J connectivity index is 2.91. The number of nitrogens with zero attached hydrogens (tertiary/aromatic N) is 1. The van der Waals surface area contributed by atoms with Crippen LogP contribution < -0.4 is 0 Å². The summed E-state index contributed by atoms with van der Waals surface area (Å²) in [4.78, 5) is 15.0. The second-order valence-corrected chi connectivity index (χ2v) is 6.44. The van der Waals surface area contributed by atoms with Gasteiger partial charge in [0.1, 0.15) is 17.8 Å². The van der Waals surface area contributed by atoms with Crippen molar-refractivity contribution in [2.75, 3.05) is 12.9 Å². The molecule has 0 aromatic heterocycles. The fourth-order valence-electron chi connectivity index (χ4n) is 1.99. The van der Waals surface area contributed by atoms with Crippen LogP contribution in [0, 0.1) is 5.82 Å². The van der Waals surface area contributed by atoms with Gasteiger partial charge in [0.15, 0.2) is 9.84 Å². The number of halogens is 2. The molecule has 0 radical (unpaired) electrons. The number of benzene rings is 1. The van der Waals surface area contributed by atoms with Crippen molar-refractivity contribution < 1.29 is 27.5 Å². The van der Waals surface area contributed by atoms with E-state index in [0.717, 1.165) is 0 Å². The average Bonchev–Trinajstić information content (AvgIpc) is 2.35. The van der Waals surface area contributed by atoms with Crippen molar-refractivity contribution in [2.45, 2.75) is 11.3 Å². The van der Waals surface area contributed by atoms with Crippen molar-refractivity contribution in [3.05, 3.63) is 28.0 Å². The van der Waals surface area contributed by atoms with Gasteiger partial charge in [0, 0.05) is 12.0 Å². The van der Waals surface area contributed by atoms with Gasteiger partial charge in [-0.3, -0.25) is 0 Å². The number of sulfone groups is 1. The van der Waals surface area contributed by atoms with Crippen molar-refractivity contribution >= 4 is 33.1 Å². The number of fused-ring (bicyclic) bond motifs is 1. The predicted molar refractivity (Wildman–Crippen MR) is 68.6 cm³/mol. The number of carboxylic acids is 1. The van der Waals surface area contributed by atoms with Crippen LogP contribution in [0.25, 0.3) is 0 Å². The maximum Gasteiger partial charge on any atom is 0.337 e. The minimum Gasteiger partial charge on any atom is -0.478 e. The maximum absolute atomic E-state index is 14.0. The normalized spacial score (nSPS) is 18.6. The third-order valence-corrected chi connectivity index (χ3v) is 4.97. The molecule has 0 saturated carbocycles. The molecule has 2 rings (SSSR count). The van der Waals surface area contributed by atoms with Gasteiger partial charge in [0.25, 0.3) is 0 Å². The number of oxime groups is 1. The topological polar surface area (TPSA) is 93.0 Å². The fourth-order valence-corrected chi connectivity index (χ4v) is 3.93. The van der Waals surface area contributed by atoms with Crippen LogP contribution in [-0.2, 0) is 14.7 Å². The van der Waals surface area contributed by atoms with Crippen LogP contribution in [0.4, 0.5) is 4.39 Å². The molecule has 0 unspecified atom stereocenters. The van der Waals surface area contributed by atoms with Crippen molar-refractivity contribution in [2.24, 2.45) is 5.16 Å². The quantitative estimate of drug-likeness (QED) is 0.837. The summed E-state index contributed by atoms with van der Waals surface area (Å²) in [6, 6.07) is 0.594. The summed E-state index contributed by atoms with van der Waals surface area (Å²) in [7, 11) is -2.64. The lowest BCUT2D eigenvalue weighted by atomic mass is 10.0. The monoisotopic (exact) mass is 321 g/mol. The van der Waals surface area contributed by atoms with Crippen LogP contribution in [0.15, 0.2) is 16.1 Å². The number of carboxylic acid groups (broad SMARTS) is 1. The molecule has 1 aromatic rings. The van der Waals surface area contributed by atoms with E-state index in [2.05, 4.69) is 9.99 Å². The molecule has 0 aliphatic carbocycles. The first-order chi connectivity index (χ1) is 9.29. The zero-order chi connectivity index (χ0) is 15.1. The van der Waals surface area contributed by atoms with Crippen LogP contribution in [0.5, 0.6) is 0 Å². The zero-order valence-corrected chi connectivity index (χ0v) is 11.8. The van der Waals surface area contributed by atoms with E-state index in [-0.39, 0.29) is 28.5 Å². The summed E-state index contributed by atoms with van der Waals surface area (Å²) in [6.07, 6.45) is -0.0363. The van der Waals surface area contributed by atoms with Gasteiger partial charge in [-0.2, -0.15) is 0 Å². The highest BCUT2D eigenvalue weighted by Gasteiger charge is 2.35. The number of hydrogen-bond acceptors (Lipinski definition) is 5. The third-order valence-electron chi connectivity index (χ3n) is 2.81. The van der Waals surface area contributed by atoms with Crippen molar-refractivity contribution in [1.82, 2.24) is 0 Å². The Morgan fingerprint density at radius 1 is 1.55 bits per heavy atom. The van der Waals surface area contributed by atoms with E-state index >= 15 is 0 Å². The first-order valence-corrected chi connectivity index (χ1v) is 7.41. The van der Waals surface area contributed by atoms with Gasteiger partial charge in [-0.25, -0.2) is 17.6 Å². The minimum absolute atomic E-state index is 0.0363. The van der Waals surface area contributed by atoms with Crippen LogP contribution >= 0.6 is 11.6 Å². The Kier molecular flexibility index (Phi) is 3.70. The largest absolute Gasteiger partial charge is 0.478 e. The molecule has 0 fully saturated rings. The van der Waals surface area contributed by atoms with Crippen LogP contribution in [0.3, 0.4) is 0 Å². The lowest BCUT2D eigenvalue weighted by Gasteiger charge is -2.20. The van der Waals surface area contributed by atoms with Crippen molar-refractivity contribution in [3.63, 3.8) is 0 Å². The predicted octanol–water partition coefficient (Wildman–Crippen LogP) is 1.71. The fraction of sp³-hybridized carbons (Fsp3) is 0.273. The Morgan fingerprint density at radius 2 is 2.20 bits per heavy atom. The Labute approximate surface area is 118 Å². The molecule has 1 aromatic carbocycles. The van der Waals surface area contributed by atoms with Gasteiger partial charge < -0.3 is 9.94 Å². The Bertz CT molecular complexity index is 729. The average molecular weight is 322 g/mol. The second-order valence-electron chi connectivity index (χ2n) is 4.02. The molecule has 0 spiro atoms. The molecule has 1 aliphatic heterocycles. The van der Waals surface area contributed by atoms with Gasteiger partial charge in [0.05, 0.1) is 22.1 Å². The van der Waals surface area contributed by atoms with E-state index in [4.69, 9.17) is 16.7 Å². The molecule has 0 amide bonds. The molecule has 1 heterocycles. The van der Waals surface area contributed by atoms with Crippen molar-refractivity contribution in [3.8, 4) is 0 Å². The lowest BCUT2D eigenvalue weighted by molar-refractivity contribution is 0.0696. The summed E-state index contributed by atoms with van der Waals surface area (Å²) >= 11 is 5.90. The molecule has 0 bridgehead atoms. The second kappa shape index (κ2) is 5.02. The minimum atomic E-state index is -3.88. The third kappa shape index (κ3) is 2.25. The Hall–Kier alpha value is -1.67. The van der Waals surface area contributed by atoms with E-state index in [1.54, 1.807) is 0 Å². The van der Waals surface area contributed by atoms with Gasteiger partial charge in [0.2, 0.25) is 0 Å². The van der Waals surface area contributed by atoms with E-state index in [1.165, 1.54) is 7.11 Å². The zero-order valence-electron chi connectivity index (χ0n) is 10.2. The first kappa shape index (κ1) is 14.7. The molecular formula is C11H9ClFNO5S. The number of hydrogen-bond donors (Lipinski definition) is 1. The summed E-state index contributed by atoms with van der Waals surface area (Å²) in [5, 5.41) is 12.2. The first-order valence-electron chi connectivity index (χ1n) is 5.38. The number of rotatable bonds is 2. The SMILES string of the molecule is CON=C1CCS(=O)(=O)c2c(F)cc(C(=O)O)c(Cl)c21. The number of aromatic carboxylic acids is 1. The highest BCUT2D eigenvalue weighted by atomic mass is 35.5. The molecule has 0 atom stereocenters. The molecule has 1 aliphatic rings. The highest BCUT2D eigenvalue weighted by Crippen LogP contribution is 2.35. The standard InChI is InChI=1S/C11H9ClFNO5S/c1-19-14-7-2-3-20(17,18)10-6(13)4-5(11(15)16)9(12)8(7)10/h4H,2-3H2,1H3,(H,15,16). The van der Waals surface area contributed by atoms with E-state index in [9.17, 15) is 17.6 Å². The van der Waals surface area contributed by atoms with Crippen LogP contribution in [0.1, 0.15) is 22.3 Å².